The van der Waals surface area contributed by atoms with Crippen LogP contribution < -0.4 is 0 Å². The van der Waals surface area contributed by atoms with Gasteiger partial charge in [0.25, 0.3) is 0 Å². The smallest absolute Gasteiger partial charge is 0.0242 e. The van der Waals surface area contributed by atoms with Gasteiger partial charge in [-0.25, -0.2) is 0 Å². The SMILES string of the molecule is C=C[C@H](C)C(C)C. The summed E-state index contributed by atoms with van der Waals surface area (Å²) in [6, 6.07) is 0. The molecular formula is C7H14. The molecule has 0 unspecified atom stereocenters. The average Bonchev–Trinajstić information content (AvgIpc) is 1.65. The molecule has 0 spiro atoms. The molecule has 0 saturated heterocycles. The van der Waals surface area contributed by atoms with Gasteiger partial charge in [0.1, 0.15) is 0 Å². The Kier molecular flexibility index (Phi) is 2.73. The van der Waals surface area contributed by atoms with E-state index in [1.807, 2.05) is 6.08 Å². The lowest BCUT2D eigenvalue weighted by Crippen LogP contribution is -1.97. The molecule has 42 valence electrons. The summed E-state index contributed by atoms with van der Waals surface area (Å²) in [6.45, 7) is 10.3. The number of allylic oxidation sites excluding steroid dienone is 1. The zero-order valence-electron chi connectivity index (χ0n) is 5.44. The third-order valence-corrected chi connectivity index (χ3v) is 1.42. The van der Waals surface area contributed by atoms with Crippen LogP contribution >= 0.6 is 0 Å². The van der Waals surface area contributed by atoms with Crippen molar-refractivity contribution < 1.29 is 0 Å². The molecule has 0 aromatic carbocycles. The molecule has 7 heavy (non-hydrogen) atoms. The van der Waals surface area contributed by atoms with Crippen molar-refractivity contribution in [3.63, 3.8) is 0 Å². The van der Waals surface area contributed by atoms with E-state index in [1.54, 1.807) is 0 Å². The van der Waals surface area contributed by atoms with E-state index in [0.717, 1.165) is 5.92 Å². The molecule has 0 nitrogen and oxygen atoms in total. The van der Waals surface area contributed by atoms with Crippen LogP contribution in [0.1, 0.15) is 20.8 Å². The minimum absolute atomic E-state index is 0.667. The predicted octanol–water partition coefficient (Wildman–Crippen LogP) is 2.46. The highest BCUT2D eigenvalue weighted by Gasteiger charge is 1.98. The zero-order chi connectivity index (χ0) is 5.86. The Morgan fingerprint density at radius 2 is 1.71 bits per heavy atom. The maximum Gasteiger partial charge on any atom is -0.0242 e. The average molecular weight is 98.2 g/mol. The van der Waals surface area contributed by atoms with E-state index >= 15 is 0 Å². The van der Waals surface area contributed by atoms with Gasteiger partial charge in [0.15, 0.2) is 0 Å². The van der Waals surface area contributed by atoms with Crippen LogP contribution in [0, 0.1) is 11.8 Å². The summed E-state index contributed by atoms with van der Waals surface area (Å²) >= 11 is 0. The third kappa shape index (κ3) is 2.44. The minimum Gasteiger partial charge on any atom is -0.103 e. The topological polar surface area (TPSA) is 0 Å². The summed E-state index contributed by atoms with van der Waals surface area (Å²) in [6.07, 6.45) is 1.99. The molecule has 0 aliphatic rings. The summed E-state index contributed by atoms with van der Waals surface area (Å²) in [7, 11) is 0. The largest absolute Gasteiger partial charge is 0.103 e. The summed E-state index contributed by atoms with van der Waals surface area (Å²) in [4.78, 5) is 0. The van der Waals surface area contributed by atoms with Crippen LogP contribution in [0.5, 0.6) is 0 Å². The lowest BCUT2D eigenvalue weighted by atomic mass is 9.99. The molecule has 0 saturated carbocycles. The van der Waals surface area contributed by atoms with Gasteiger partial charge >= 0.3 is 0 Å². The van der Waals surface area contributed by atoms with E-state index in [-0.39, 0.29) is 0 Å². The molecule has 0 N–H and O–H groups in total. The summed E-state index contributed by atoms with van der Waals surface area (Å²) < 4.78 is 0. The van der Waals surface area contributed by atoms with Crippen molar-refractivity contribution in [2.75, 3.05) is 0 Å². The monoisotopic (exact) mass is 98.1 g/mol. The predicted molar refractivity (Wildman–Crippen MR) is 34.2 cm³/mol. The van der Waals surface area contributed by atoms with Crippen LogP contribution in [0.15, 0.2) is 12.7 Å². The molecule has 0 rings (SSSR count). The molecule has 0 aromatic heterocycles. The second-order valence-corrected chi connectivity index (χ2v) is 2.34. The molecule has 0 amide bonds. The van der Waals surface area contributed by atoms with E-state index in [2.05, 4.69) is 27.4 Å². The van der Waals surface area contributed by atoms with Crippen molar-refractivity contribution in [2.24, 2.45) is 11.8 Å². The highest BCUT2D eigenvalue weighted by molar-refractivity contribution is 4.76. The van der Waals surface area contributed by atoms with E-state index < -0.39 is 0 Å². The van der Waals surface area contributed by atoms with Crippen LogP contribution in [-0.2, 0) is 0 Å². The van der Waals surface area contributed by atoms with Crippen LogP contribution in [0.3, 0.4) is 0 Å². The first-order chi connectivity index (χ1) is 3.18. The first kappa shape index (κ1) is 6.74. The van der Waals surface area contributed by atoms with Crippen LogP contribution in [0.2, 0.25) is 0 Å². The maximum absolute atomic E-state index is 3.68. The summed E-state index contributed by atoms with van der Waals surface area (Å²) in [5.74, 6) is 1.41. The highest BCUT2D eigenvalue weighted by Crippen LogP contribution is 2.08. The Morgan fingerprint density at radius 1 is 1.29 bits per heavy atom. The van der Waals surface area contributed by atoms with Gasteiger partial charge in [-0.15, -0.1) is 6.58 Å². The van der Waals surface area contributed by atoms with Crippen molar-refractivity contribution in [1.82, 2.24) is 0 Å². The van der Waals surface area contributed by atoms with E-state index in [9.17, 15) is 0 Å². The fraction of sp³-hybridized carbons (Fsp3) is 0.714. The van der Waals surface area contributed by atoms with Crippen LogP contribution in [0.4, 0.5) is 0 Å². The van der Waals surface area contributed by atoms with Crippen LogP contribution in [-0.4, -0.2) is 0 Å². The van der Waals surface area contributed by atoms with E-state index in [0.29, 0.717) is 5.92 Å². The summed E-state index contributed by atoms with van der Waals surface area (Å²) in [5.41, 5.74) is 0. The van der Waals surface area contributed by atoms with Crippen LogP contribution in [0.25, 0.3) is 0 Å². The molecule has 0 fully saturated rings. The molecule has 0 bridgehead atoms. The van der Waals surface area contributed by atoms with Gasteiger partial charge in [0, 0.05) is 0 Å². The van der Waals surface area contributed by atoms with Crippen molar-refractivity contribution in [2.45, 2.75) is 20.8 Å². The van der Waals surface area contributed by atoms with Gasteiger partial charge in [-0.1, -0.05) is 26.8 Å². The van der Waals surface area contributed by atoms with Crippen molar-refractivity contribution in [3.8, 4) is 0 Å². The number of hydrogen-bond donors (Lipinski definition) is 0. The fourth-order valence-electron chi connectivity index (χ4n) is 0.272. The lowest BCUT2D eigenvalue weighted by Gasteiger charge is -2.07. The van der Waals surface area contributed by atoms with Gasteiger partial charge in [-0.05, 0) is 11.8 Å². The van der Waals surface area contributed by atoms with E-state index in [4.69, 9.17) is 0 Å². The van der Waals surface area contributed by atoms with Crippen molar-refractivity contribution in [3.05, 3.63) is 12.7 Å². The first-order valence-corrected chi connectivity index (χ1v) is 2.81. The molecule has 0 heteroatoms. The summed E-state index contributed by atoms with van der Waals surface area (Å²) in [5, 5.41) is 0. The number of hydrogen-bond acceptors (Lipinski definition) is 0. The normalized spacial score (nSPS) is 14.3. The fourth-order valence-corrected chi connectivity index (χ4v) is 0.272. The molecule has 0 radical (unpaired) electrons. The molecule has 1 atom stereocenters. The molecule has 0 heterocycles. The highest BCUT2D eigenvalue weighted by atomic mass is 14.0. The first-order valence-electron chi connectivity index (χ1n) is 2.81. The second kappa shape index (κ2) is 2.84. The Labute approximate surface area is 46.2 Å². The second-order valence-electron chi connectivity index (χ2n) is 2.34. The Bertz CT molecular complexity index is 53.1. The molecule has 0 aliphatic heterocycles. The van der Waals surface area contributed by atoms with Crippen molar-refractivity contribution >= 4 is 0 Å². The zero-order valence-corrected chi connectivity index (χ0v) is 5.44. The Balaban J connectivity index is 3.33. The van der Waals surface area contributed by atoms with Gasteiger partial charge in [0.05, 0.1) is 0 Å². The number of rotatable bonds is 2. The lowest BCUT2D eigenvalue weighted by molar-refractivity contribution is 0.505. The van der Waals surface area contributed by atoms with Gasteiger partial charge in [-0.3, -0.25) is 0 Å². The Morgan fingerprint density at radius 3 is 1.71 bits per heavy atom. The Hall–Kier alpha value is -0.260. The molecular weight excluding hydrogens is 84.1 g/mol. The minimum atomic E-state index is 0.667. The molecule has 0 aromatic rings. The van der Waals surface area contributed by atoms with E-state index in [1.165, 1.54) is 0 Å². The maximum atomic E-state index is 3.68. The van der Waals surface area contributed by atoms with Gasteiger partial charge in [-0.2, -0.15) is 0 Å². The quantitative estimate of drug-likeness (QED) is 0.465. The standard InChI is InChI=1S/C7H14/c1-5-7(4)6(2)3/h5-7H,1H2,2-4H3/t7-/m0/s1. The third-order valence-electron chi connectivity index (χ3n) is 1.42. The van der Waals surface area contributed by atoms with Gasteiger partial charge < -0.3 is 0 Å². The molecule has 0 aliphatic carbocycles. The van der Waals surface area contributed by atoms with Crippen molar-refractivity contribution in [1.29, 1.82) is 0 Å². The van der Waals surface area contributed by atoms with Gasteiger partial charge in [0.2, 0.25) is 0 Å².